The Hall–Kier alpha value is -3.06. The summed E-state index contributed by atoms with van der Waals surface area (Å²) in [5.74, 6) is 0.346. The van der Waals surface area contributed by atoms with Crippen LogP contribution in [0.15, 0.2) is 59.0 Å². The molecule has 2 aromatic carbocycles. The Morgan fingerprint density at radius 3 is 2.68 bits per heavy atom. The highest BCUT2D eigenvalue weighted by molar-refractivity contribution is 6.30. The number of hydrogen-bond donors (Lipinski definition) is 1. The summed E-state index contributed by atoms with van der Waals surface area (Å²) in [6.45, 7) is -1.02. The van der Waals surface area contributed by atoms with Gasteiger partial charge >= 0.3 is 6.61 Å². The molecule has 8 heteroatoms. The zero-order valence-corrected chi connectivity index (χ0v) is 15.5. The summed E-state index contributed by atoms with van der Waals surface area (Å²) in [4.78, 5) is 12.3. The number of nitrogens with one attached hydrogen (secondary N) is 1. The molecule has 0 aliphatic rings. The van der Waals surface area contributed by atoms with Crippen LogP contribution in [0.3, 0.4) is 0 Å². The second-order valence-electron chi connectivity index (χ2n) is 5.79. The minimum absolute atomic E-state index is 0.0123. The largest absolute Gasteiger partial charge is 0.485 e. The van der Waals surface area contributed by atoms with Crippen LogP contribution in [0.5, 0.6) is 11.5 Å². The Kier molecular flexibility index (Phi) is 6.16. The Balaban J connectivity index is 1.64. The van der Waals surface area contributed by atoms with E-state index in [1.807, 2.05) is 6.92 Å². The molecule has 1 aromatic heterocycles. The molecule has 0 saturated heterocycles. The highest BCUT2D eigenvalue weighted by atomic mass is 35.5. The van der Waals surface area contributed by atoms with Gasteiger partial charge < -0.3 is 19.2 Å². The van der Waals surface area contributed by atoms with Gasteiger partial charge in [0.25, 0.3) is 5.91 Å². The maximum Gasteiger partial charge on any atom is 0.387 e. The first-order chi connectivity index (χ1) is 13.4. The van der Waals surface area contributed by atoms with Crippen LogP contribution in [0.1, 0.15) is 21.9 Å². The first kappa shape index (κ1) is 19.7. The number of furan rings is 1. The van der Waals surface area contributed by atoms with Crippen molar-refractivity contribution < 1.29 is 27.5 Å². The molecule has 1 heterocycles. The lowest BCUT2D eigenvalue weighted by Crippen LogP contribution is -2.13. The number of para-hydroxylation sites is 2. The predicted octanol–water partition coefficient (Wildman–Crippen LogP) is 5.67. The molecule has 0 aliphatic carbocycles. The summed E-state index contributed by atoms with van der Waals surface area (Å²) in [7, 11) is 0. The van der Waals surface area contributed by atoms with E-state index in [4.69, 9.17) is 20.8 Å². The number of aryl methyl sites for hydroxylation is 1. The first-order valence-electron chi connectivity index (χ1n) is 8.25. The second kappa shape index (κ2) is 8.75. The highest BCUT2D eigenvalue weighted by Crippen LogP contribution is 2.27. The van der Waals surface area contributed by atoms with Gasteiger partial charge in [-0.15, -0.1) is 0 Å². The molecule has 0 fully saturated rings. The van der Waals surface area contributed by atoms with Crippen LogP contribution in [0.2, 0.25) is 5.02 Å². The van der Waals surface area contributed by atoms with Crippen molar-refractivity contribution in [2.24, 2.45) is 0 Å². The van der Waals surface area contributed by atoms with Gasteiger partial charge in [0.05, 0.1) is 5.69 Å². The van der Waals surface area contributed by atoms with Crippen molar-refractivity contribution in [3.63, 3.8) is 0 Å². The van der Waals surface area contributed by atoms with E-state index < -0.39 is 12.5 Å². The quantitative estimate of drug-likeness (QED) is 0.547. The Labute approximate surface area is 164 Å². The number of ether oxygens (including phenoxy) is 2. The zero-order valence-electron chi connectivity index (χ0n) is 14.7. The number of hydrogen-bond acceptors (Lipinski definition) is 4. The molecule has 1 amide bonds. The summed E-state index contributed by atoms with van der Waals surface area (Å²) >= 11 is 5.91. The van der Waals surface area contributed by atoms with Gasteiger partial charge in [-0.2, -0.15) is 8.78 Å². The minimum Gasteiger partial charge on any atom is -0.485 e. The number of anilines is 1. The molecule has 3 rings (SSSR count). The van der Waals surface area contributed by atoms with E-state index in [0.717, 1.165) is 5.56 Å². The average molecular weight is 408 g/mol. The number of alkyl halides is 2. The topological polar surface area (TPSA) is 60.7 Å². The number of carbonyl (C=O) groups excluding carboxylic acids is 1. The first-order valence-corrected chi connectivity index (χ1v) is 8.63. The van der Waals surface area contributed by atoms with E-state index in [9.17, 15) is 13.6 Å². The number of amides is 1. The van der Waals surface area contributed by atoms with E-state index in [1.54, 1.807) is 30.3 Å². The van der Waals surface area contributed by atoms with Crippen LogP contribution in [0.4, 0.5) is 14.5 Å². The van der Waals surface area contributed by atoms with E-state index in [0.29, 0.717) is 16.5 Å². The van der Waals surface area contributed by atoms with Gasteiger partial charge in [0.1, 0.15) is 23.9 Å². The van der Waals surface area contributed by atoms with Crippen LogP contribution < -0.4 is 14.8 Å². The lowest BCUT2D eigenvalue weighted by molar-refractivity contribution is -0.0493. The van der Waals surface area contributed by atoms with E-state index in [-0.39, 0.29) is 23.8 Å². The summed E-state index contributed by atoms with van der Waals surface area (Å²) < 4.78 is 40.5. The molecule has 0 aliphatic heterocycles. The third-order valence-electron chi connectivity index (χ3n) is 3.74. The van der Waals surface area contributed by atoms with E-state index >= 15 is 0 Å². The molecule has 0 saturated carbocycles. The van der Waals surface area contributed by atoms with Crippen molar-refractivity contribution in [3.8, 4) is 11.5 Å². The molecule has 0 unspecified atom stereocenters. The Bertz CT molecular complexity index is 974. The third kappa shape index (κ3) is 5.01. The SMILES string of the molecule is Cc1cc(Cl)ccc1OCc1ccc(C(=O)Nc2ccccc2OC(F)F)o1. The molecule has 146 valence electrons. The smallest absolute Gasteiger partial charge is 0.387 e. The number of rotatable bonds is 7. The normalized spacial score (nSPS) is 10.8. The summed E-state index contributed by atoms with van der Waals surface area (Å²) in [6.07, 6.45) is 0. The van der Waals surface area contributed by atoms with Crippen molar-refractivity contribution in [2.75, 3.05) is 5.32 Å². The fourth-order valence-electron chi connectivity index (χ4n) is 2.45. The number of carbonyl (C=O) groups is 1. The standard InChI is InChI=1S/C20H16ClF2NO4/c1-12-10-13(21)6-8-16(12)26-11-14-7-9-18(27-14)19(25)24-15-4-2-3-5-17(15)28-20(22)23/h2-10,20H,11H2,1H3,(H,24,25). The molecule has 28 heavy (non-hydrogen) atoms. The van der Waals surface area contributed by atoms with Gasteiger partial charge in [-0.3, -0.25) is 4.79 Å². The lowest BCUT2D eigenvalue weighted by atomic mass is 10.2. The molecule has 0 radical (unpaired) electrons. The molecule has 0 bridgehead atoms. The van der Waals surface area contributed by atoms with E-state index in [2.05, 4.69) is 10.1 Å². The van der Waals surface area contributed by atoms with Crippen molar-refractivity contribution >= 4 is 23.2 Å². The van der Waals surface area contributed by atoms with E-state index in [1.165, 1.54) is 24.3 Å². The van der Waals surface area contributed by atoms with Gasteiger partial charge in [0.15, 0.2) is 5.76 Å². The van der Waals surface area contributed by atoms with Crippen molar-refractivity contribution in [2.45, 2.75) is 20.1 Å². The lowest BCUT2D eigenvalue weighted by Gasteiger charge is -2.10. The monoisotopic (exact) mass is 407 g/mol. The van der Waals surface area contributed by atoms with Gasteiger partial charge in [0.2, 0.25) is 0 Å². The Morgan fingerprint density at radius 1 is 1.14 bits per heavy atom. The van der Waals surface area contributed by atoms with Crippen LogP contribution in [0.25, 0.3) is 0 Å². The number of benzene rings is 2. The number of halogens is 3. The summed E-state index contributed by atoms with van der Waals surface area (Å²) in [5.41, 5.74) is 0.978. The average Bonchev–Trinajstić information content (AvgIpc) is 3.11. The fraction of sp³-hybridized carbons (Fsp3) is 0.150. The third-order valence-corrected chi connectivity index (χ3v) is 3.98. The molecular weight excluding hydrogens is 392 g/mol. The zero-order chi connectivity index (χ0) is 20.1. The van der Waals surface area contributed by atoms with Gasteiger partial charge in [0, 0.05) is 5.02 Å². The summed E-state index contributed by atoms with van der Waals surface area (Å²) in [6, 6.07) is 14.2. The van der Waals surface area contributed by atoms with Crippen LogP contribution in [-0.2, 0) is 6.61 Å². The molecule has 0 atom stereocenters. The predicted molar refractivity (Wildman–Crippen MR) is 100 cm³/mol. The van der Waals surface area contributed by atoms with Crippen LogP contribution in [0, 0.1) is 6.92 Å². The molecular formula is C20H16ClF2NO4. The molecule has 0 spiro atoms. The fourth-order valence-corrected chi connectivity index (χ4v) is 2.68. The maximum atomic E-state index is 12.5. The Morgan fingerprint density at radius 2 is 1.93 bits per heavy atom. The van der Waals surface area contributed by atoms with Crippen LogP contribution >= 0.6 is 11.6 Å². The minimum atomic E-state index is -3.00. The van der Waals surface area contributed by atoms with Crippen molar-refractivity contribution in [3.05, 3.63) is 76.7 Å². The van der Waals surface area contributed by atoms with Gasteiger partial charge in [-0.05, 0) is 55.0 Å². The highest BCUT2D eigenvalue weighted by Gasteiger charge is 2.16. The van der Waals surface area contributed by atoms with Crippen LogP contribution in [-0.4, -0.2) is 12.5 Å². The molecule has 5 nitrogen and oxygen atoms in total. The summed E-state index contributed by atoms with van der Waals surface area (Å²) in [5, 5.41) is 3.10. The van der Waals surface area contributed by atoms with Gasteiger partial charge in [-0.1, -0.05) is 23.7 Å². The van der Waals surface area contributed by atoms with Crippen molar-refractivity contribution in [1.82, 2.24) is 0 Å². The van der Waals surface area contributed by atoms with Crippen molar-refractivity contribution in [1.29, 1.82) is 0 Å². The van der Waals surface area contributed by atoms with Gasteiger partial charge in [-0.25, -0.2) is 0 Å². The second-order valence-corrected chi connectivity index (χ2v) is 6.23. The maximum absolute atomic E-state index is 12.5. The molecule has 1 N–H and O–H groups in total. The molecule has 3 aromatic rings.